The largest absolute Gasteiger partial charge is 0.416 e. The van der Waals surface area contributed by atoms with Crippen LogP contribution in [0.25, 0.3) is 5.57 Å². The maximum Gasteiger partial charge on any atom is 0.416 e. The zero-order valence-corrected chi connectivity index (χ0v) is 8.01. The number of aldehydes is 1. The maximum absolute atomic E-state index is 12.3. The van der Waals surface area contributed by atoms with Crippen molar-refractivity contribution < 1.29 is 18.0 Å². The average Bonchev–Trinajstić information content (AvgIpc) is 2.19. The van der Waals surface area contributed by atoms with Crippen LogP contribution in [-0.4, -0.2) is 6.29 Å². The summed E-state index contributed by atoms with van der Waals surface area (Å²) in [5.74, 6) is 0. The quantitative estimate of drug-likeness (QED) is 0.545. The molecule has 0 fully saturated rings. The van der Waals surface area contributed by atoms with Gasteiger partial charge in [0.25, 0.3) is 0 Å². The summed E-state index contributed by atoms with van der Waals surface area (Å²) < 4.78 is 37.0. The molecule has 0 amide bonds. The molecule has 0 atom stereocenters. The molecule has 0 saturated heterocycles. The van der Waals surface area contributed by atoms with Crippen LogP contribution in [0.2, 0.25) is 0 Å². The van der Waals surface area contributed by atoms with Crippen molar-refractivity contribution in [1.82, 2.24) is 0 Å². The predicted molar refractivity (Wildman–Crippen MR) is 51.2 cm³/mol. The molecule has 1 aromatic carbocycles. The molecule has 1 nitrogen and oxygen atoms in total. The Kier molecular flexibility index (Phi) is 3.29. The molecule has 0 aliphatic carbocycles. The highest BCUT2D eigenvalue weighted by atomic mass is 19.4. The van der Waals surface area contributed by atoms with Crippen LogP contribution in [0.5, 0.6) is 0 Å². The Bertz CT molecular complexity index is 391. The molecule has 0 spiro atoms. The molecular weight excluding hydrogens is 205 g/mol. The van der Waals surface area contributed by atoms with Crippen molar-refractivity contribution in [2.24, 2.45) is 0 Å². The van der Waals surface area contributed by atoms with E-state index in [4.69, 9.17) is 0 Å². The maximum atomic E-state index is 12.3. The van der Waals surface area contributed by atoms with E-state index in [9.17, 15) is 18.0 Å². The molecule has 1 rings (SSSR count). The number of carbonyl (C=O) groups excluding carboxylic acids is 1. The van der Waals surface area contributed by atoms with E-state index in [-0.39, 0.29) is 11.1 Å². The lowest BCUT2D eigenvalue weighted by atomic mass is 10.0. The molecule has 0 aliphatic rings. The van der Waals surface area contributed by atoms with Gasteiger partial charge in [-0.05, 0) is 24.6 Å². The van der Waals surface area contributed by atoms with Crippen molar-refractivity contribution >= 4 is 11.9 Å². The third-order valence-corrected chi connectivity index (χ3v) is 1.96. The van der Waals surface area contributed by atoms with E-state index in [0.717, 1.165) is 12.1 Å². The highest BCUT2D eigenvalue weighted by Crippen LogP contribution is 2.30. The molecule has 0 unspecified atom stereocenters. The summed E-state index contributed by atoms with van der Waals surface area (Å²) in [6, 6.07) is 4.69. The summed E-state index contributed by atoms with van der Waals surface area (Å²) in [7, 11) is 0. The first-order valence-corrected chi connectivity index (χ1v) is 4.28. The molecule has 4 heteroatoms. The smallest absolute Gasteiger partial charge is 0.298 e. The predicted octanol–water partition coefficient (Wildman–Crippen LogP) is 3.31. The van der Waals surface area contributed by atoms with Crippen molar-refractivity contribution in [3.63, 3.8) is 0 Å². The minimum atomic E-state index is -4.38. The fourth-order valence-corrected chi connectivity index (χ4v) is 1.18. The van der Waals surface area contributed by atoms with Gasteiger partial charge >= 0.3 is 6.18 Å². The van der Waals surface area contributed by atoms with Gasteiger partial charge in [0.2, 0.25) is 0 Å². The standard InChI is InChI=1S/C11H9F3O/c1-2-8(7-15)9-4-3-5-10(6-9)11(12,13)14/h2-7H,1H3/b8-2-. The van der Waals surface area contributed by atoms with Crippen LogP contribution in [0.4, 0.5) is 13.2 Å². The summed E-state index contributed by atoms with van der Waals surface area (Å²) in [6.45, 7) is 1.60. The molecule has 0 bridgehead atoms. The lowest BCUT2D eigenvalue weighted by molar-refractivity contribution is -0.137. The molecule has 80 valence electrons. The summed E-state index contributed by atoms with van der Waals surface area (Å²) in [5.41, 5.74) is -0.218. The van der Waals surface area contributed by atoms with E-state index < -0.39 is 11.7 Å². The molecule has 0 N–H and O–H groups in total. The van der Waals surface area contributed by atoms with E-state index in [1.807, 2.05) is 0 Å². The molecule has 15 heavy (non-hydrogen) atoms. The molecule has 0 aliphatic heterocycles. The summed E-state index contributed by atoms with van der Waals surface area (Å²) in [4.78, 5) is 10.5. The molecule has 0 heterocycles. The Morgan fingerprint density at radius 1 is 1.33 bits per heavy atom. The van der Waals surface area contributed by atoms with Crippen LogP contribution in [0, 0.1) is 0 Å². The fourth-order valence-electron chi connectivity index (χ4n) is 1.18. The molecular formula is C11H9F3O. The van der Waals surface area contributed by atoms with Crippen LogP contribution >= 0.6 is 0 Å². The zero-order chi connectivity index (χ0) is 11.5. The van der Waals surface area contributed by atoms with E-state index in [0.29, 0.717) is 6.29 Å². The number of allylic oxidation sites excluding steroid dienone is 2. The van der Waals surface area contributed by atoms with Gasteiger partial charge < -0.3 is 0 Å². The number of benzene rings is 1. The van der Waals surface area contributed by atoms with Crippen molar-refractivity contribution in [2.45, 2.75) is 13.1 Å². The van der Waals surface area contributed by atoms with Crippen LogP contribution in [0.1, 0.15) is 18.1 Å². The summed E-state index contributed by atoms with van der Waals surface area (Å²) in [6.07, 6.45) is -2.37. The average molecular weight is 214 g/mol. The highest BCUT2D eigenvalue weighted by Gasteiger charge is 2.30. The third kappa shape index (κ3) is 2.68. The molecule has 0 saturated carbocycles. The Morgan fingerprint density at radius 3 is 2.47 bits per heavy atom. The number of halogens is 3. The Morgan fingerprint density at radius 2 is 2.00 bits per heavy atom. The second-order valence-corrected chi connectivity index (χ2v) is 2.94. The Balaban J connectivity index is 3.19. The first-order chi connectivity index (χ1) is 6.99. The molecule has 0 aromatic heterocycles. The van der Waals surface area contributed by atoms with Gasteiger partial charge in [-0.2, -0.15) is 13.2 Å². The fraction of sp³-hybridized carbons (Fsp3) is 0.182. The monoisotopic (exact) mass is 214 g/mol. The Labute approximate surface area is 85.2 Å². The van der Waals surface area contributed by atoms with Crippen LogP contribution in [0.3, 0.4) is 0 Å². The van der Waals surface area contributed by atoms with Gasteiger partial charge in [0.15, 0.2) is 0 Å². The van der Waals surface area contributed by atoms with E-state index in [1.165, 1.54) is 18.2 Å². The number of alkyl halides is 3. The van der Waals surface area contributed by atoms with Gasteiger partial charge in [-0.25, -0.2) is 0 Å². The van der Waals surface area contributed by atoms with Crippen LogP contribution in [0.15, 0.2) is 30.3 Å². The number of hydrogen-bond donors (Lipinski definition) is 0. The van der Waals surface area contributed by atoms with Crippen molar-refractivity contribution in [3.05, 3.63) is 41.5 Å². The minimum absolute atomic E-state index is 0.251. The first-order valence-electron chi connectivity index (χ1n) is 4.28. The third-order valence-electron chi connectivity index (χ3n) is 1.96. The van der Waals surface area contributed by atoms with E-state index >= 15 is 0 Å². The van der Waals surface area contributed by atoms with Crippen LogP contribution < -0.4 is 0 Å². The minimum Gasteiger partial charge on any atom is -0.298 e. The van der Waals surface area contributed by atoms with Crippen molar-refractivity contribution in [2.75, 3.05) is 0 Å². The van der Waals surface area contributed by atoms with Gasteiger partial charge in [-0.3, -0.25) is 4.79 Å². The van der Waals surface area contributed by atoms with Gasteiger partial charge in [0, 0.05) is 5.57 Å². The topological polar surface area (TPSA) is 17.1 Å². The van der Waals surface area contributed by atoms with Gasteiger partial charge in [-0.15, -0.1) is 0 Å². The SMILES string of the molecule is C/C=C(/C=O)c1cccc(C(F)(F)F)c1. The molecule has 1 aromatic rings. The number of hydrogen-bond acceptors (Lipinski definition) is 1. The molecule has 0 radical (unpaired) electrons. The van der Waals surface area contributed by atoms with Crippen LogP contribution in [-0.2, 0) is 11.0 Å². The summed E-state index contributed by atoms with van der Waals surface area (Å²) >= 11 is 0. The van der Waals surface area contributed by atoms with Gasteiger partial charge in [0.05, 0.1) is 5.56 Å². The van der Waals surface area contributed by atoms with Crippen molar-refractivity contribution in [1.29, 1.82) is 0 Å². The van der Waals surface area contributed by atoms with E-state index in [2.05, 4.69) is 0 Å². The highest BCUT2D eigenvalue weighted by molar-refractivity contribution is 6.06. The Hall–Kier alpha value is -1.58. The normalized spacial score (nSPS) is 12.7. The van der Waals surface area contributed by atoms with Crippen molar-refractivity contribution in [3.8, 4) is 0 Å². The summed E-state index contributed by atoms with van der Waals surface area (Å²) in [5, 5.41) is 0. The van der Waals surface area contributed by atoms with E-state index in [1.54, 1.807) is 6.92 Å². The number of carbonyl (C=O) groups is 1. The van der Waals surface area contributed by atoms with Gasteiger partial charge in [-0.1, -0.05) is 18.2 Å². The zero-order valence-electron chi connectivity index (χ0n) is 8.01. The second-order valence-electron chi connectivity index (χ2n) is 2.94. The van der Waals surface area contributed by atoms with Gasteiger partial charge in [0.1, 0.15) is 6.29 Å². The second kappa shape index (κ2) is 4.29. The lowest BCUT2D eigenvalue weighted by Crippen LogP contribution is -2.05. The number of rotatable bonds is 2. The first kappa shape index (κ1) is 11.5. The lowest BCUT2D eigenvalue weighted by Gasteiger charge is -2.08.